The van der Waals surface area contributed by atoms with Crippen LogP contribution < -0.4 is 10.6 Å². The van der Waals surface area contributed by atoms with Crippen LogP contribution in [0, 0.1) is 11.6 Å². The maximum absolute atomic E-state index is 13.1. The van der Waals surface area contributed by atoms with Gasteiger partial charge in [-0.15, -0.1) is 0 Å². The fourth-order valence-electron chi connectivity index (χ4n) is 2.63. The lowest BCUT2D eigenvalue weighted by Gasteiger charge is -2.34. The summed E-state index contributed by atoms with van der Waals surface area (Å²) in [5, 5.41) is 5.49. The molecule has 3 amide bonds. The van der Waals surface area contributed by atoms with E-state index >= 15 is 0 Å². The van der Waals surface area contributed by atoms with Crippen molar-refractivity contribution in [3.05, 3.63) is 35.4 Å². The Labute approximate surface area is 146 Å². The molecule has 1 fully saturated rings. The van der Waals surface area contributed by atoms with E-state index in [0.717, 1.165) is 12.5 Å². The van der Waals surface area contributed by atoms with E-state index < -0.39 is 11.6 Å². The summed E-state index contributed by atoms with van der Waals surface area (Å²) in [5.74, 6) is -1.34. The number of urea groups is 1. The average Bonchev–Trinajstić information content (AvgIpc) is 2.57. The van der Waals surface area contributed by atoms with Gasteiger partial charge in [0, 0.05) is 45.3 Å². The van der Waals surface area contributed by atoms with E-state index in [9.17, 15) is 18.4 Å². The lowest BCUT2D eigenvalue weighted by atomic mass is 10.2. The van der Waals surface area contributed by atoms with Crippen LogP contribution in [0.2, 0.25) is 0 Å². The smallest absolute Gasteiger partial charge is 0.317 e. The second-order valence-electron chi connectivity index (χ2n) is 6.05. The van der Waals surface area contributed by atoms with Crippen molar-refractivity contribution in [1.29, 1.82) is 0 Å². The number of amides is 3. The van der Waals surface area contributed by atoms with Gasteiger partial charge in [-0.1, -0.05) is 6.92 Å². The zero-order valence-electron chi connectivity index (χ0n) is 14.4. The highest BCUT2D eigenvalue weighted by molar-refractivity contribution is 5.78. The van der Waals surface area contributed by atoms with Crippen LogP contribution in [-0.4, -0.2) is 61.0 Å². The van der Waals surface area contributed by atoms with Crippen molar-refractivity contribution in [2.45, 2.75) is 19.9 Å². The summed E-state index contributed by atoms with van der Waals surface area (Å²) in [6, 6.07) is 2.90. The molecular formula is C17H24F2N4O2. The third kappa shape index (κ3) is 6.30. The normalized spacial score (nSPS) is 15.1. The summed E-state index contributed by atoms with van der Waals surface area (Å²) in [7, 11) is 0. The lowest BCUT2D eigenvalue weighted by molar-refractivity contribution is -0.122. The Morgan fingerprint density at radius 2 is 1.68 bits per heavy atom. The molecule has 0 atom stereocenters. The van der Waals surface area contributed by atoms with Crippen LogP contribution in [0.25, 0.3) is 0 Å². The van der Waals surface area contributed by atoms with Crippen LogP contribution in [0.15, 0.2) is 18.2 Å². The van der Waals surface area contributed by atoms with Crippen LogP contribution in [-0.2, 0) is 11.3 Å². The van der Waals surface area contributed by atoms with Crippen molar-refractivity contribution in [2.24, 2.45) is 0 Å². The zero-order chi connectivity index (χ0) is 18.2. The highest BCUT2D eigenvalue weighted by Gasteiger charge is 2.22. The number of piperazine rings is 1. The highest BCUT2D eigenvalue weighted by atomic mass is 19.1. The molecule has 1 aromatic carbocycles. The molecule has 1 aliphatic heterocycles. The van der Waals surface area contributed by atoms with Gasteiger partial charge in [0.2, 0.25) is 5.91 Å². The zero-order valence-corrected chi connectivity index (χ0v) is 14.4. The Morgan fingerprint density at radius 1 is 1.04 bits per heavy atom. The molecule has 1 aliphatic rings. The van der Waals surface area contributed by atoms with Crippen molar-refractivity contribution in [1.82, 2.24) is 20.4 Å². The molecule has 6 nitrogen and oxygen atoms in total. The van der Waals surface area contributed by atoms with Gasteiger partial charge in [-0.3, -0.25) is 9.69 Å². The Balaban J connectivity index is 1.72. The summed E-state index contributed by atoms with van der Waals surface area (Å²) < 4.78 is 26.3. The van der Waals surface area contributed by atoms with Crippen molar-refractivity contribution in [3.8, 4) is 0 Å². The van der Waals surface area contributed by atoms with Gasteiger partial charge in [-0.05, 0) is 24.1 Å². The highest BCUT2D eigenvalue weighted by Crippen LogP contribution is 2.08. The van der Waals surface area contributed by atoms with Crippen molar-refractivity contribution in [3.63, 3.8) is 0 Å². The van der Waals surface area contributed by atoms with E-state index in [0.29, 0.717) is 44.8 Å². The summed E-state index contributed by atoms with van der Waals surface area (Å²) in [4.78, 5) is 27.5. The van der Waals surface area contributed by atoms with Crippen molar-refractivity contribution < 1.29 is 18.4 Å². The molecule has 8 heteroatoms. The van der Waals surface area contributed by atoms with E-state index in [1.54, 1.807) is 4.90 Å². The summed E-state index contributed by atoms with van der Waals surface area (Å²) in [5.41, 5.74) is 0.372. The molecule has 0 saturated carbocycles. The fourth-order valence-corrected chi connectivity index (χ4v) is 2.63. The molecule has 0 unspecified atom stereocenters. The second-order valence-corrected chi connectivity index (χ2v) is 6.05. The number of rotatable bonds is 6. The Hall–Kier alpha value is -2.22. The molecule has 25 heavy (non-hydrogen) atoms. The molecule has 0 radical (unpaired) electrons. The van der Waals surface area contributed by atoms with E-state index in [2.05, 4.69) is 10.6 Å². The molecule has 2 N–H and O–H groups in total. The summed E-state index contributed by atoms with van der Waals surface area (Å²) in [6.45, 7) is 5.29. The van der Waals surface area contributed by atoms with Gasteiger partial charge >= 0.3 is 6.03 Å². The monoisotopic (exact) mass is 354 g/mol. The third-order valence-electron chi connectivity index (χ3n) is 3.96. The Bertz CT molecular complexity index is 584. The molecule has 138 valence electrons. The first kappa shape index (κ1) is 19.1. The summed E-state index contributed by atoms with van der Waals surface area (Å²) in [6.07, 6.45) is 0.898. The van der Waals surface area contributed by atoms with E-state index in [1.165, 1.54) is 12.1 Å². The predicted octanol–water partition coefficient (Wildman–Crippen LogP) is 1.32. The molecular weight excluding hydrogens is 330 g/mol. The minimum absolute atomic E-state index is 0.00659. The lowest BCUT2D eigenvalue weighted by Crippen LogP contribution is -2.53. The number of hydrogen-bond acceptors (Lipinski definition) is 3. The average molecular weight is 354 g/mol. The van der Waals surface area contributed by atoms with Gasteiger partial charge in [0.15, 0.2) is 0 Å². The number of nitrogens with one attached hydrogen (secondary N) is 2. The largest absolute Gasteiger partial charge is 0.355 e. The standard InChI is InChI=1S/C17H24F2N4O2/c1-2-3-20-16(24)12-22-4-6-23(7-5-22)17(25)21-11-13-8-14(18)10-15(19)9-13/h8-10H,2-7,11-12H2,1H3,(H,20,24)(H,21,25). The minimum Gasteiger partial charge on any atom is -0.355 e. The van der Waals surface area contributed by atoms with E-state index in [1.807, 2.05) is 11.8 Å². The second kappa shape index (κ2) is 9.31. The van der Waals surface area contributed by atoms with Crippen LogP contribution >= 0.6 is 0 Å². The number of benzene rings is 1. The quantitative estimate of drug-likeness (QED) is 0.810. The van der Waals surface area contributed by atoms with Crippen LogP contribution in [0.1, 0.15) is 18.9 Å². The van der Waals surface area contributed by atoms with Gasteiger partial charge in [-0.2, -0.15) is 0 Å². The molecule has 0 aliphatic carbocycles. The van der Waals surface area contributed by atoms with Crippen LogP contribution in [0.4, 0.5) is 13.6 Å². The van der Waals surface area contributed by atoms with Gasteiger partial charge in [0.05, 0.1) is 6.54 Å². The first-order chi connectivity index (χ1) is 12.0. The topological polar surface area (TPSA) is 64.7 Å². The molecule has 0 bridgehead atoms. The first-order valence-electron chi connectivity index (χ1n) is 8.44. The molecule has 0 spiro atoms. The van der Waals surface area contributed by atoms with Crippen LogP contribution in [0.3, 0.4) is 0 Å². The number of halogens is 2. The predicted molar refractivity (Wildman–Crippen MR) is 89.9 cm³/mol. The maximum Gasteiger partial charge on any atom is 0.317 e. The molecule has 1 aromatic rings. The molecule has 0 aromatic heterocycles. The van der Waals surface area contributed by atoms with E-state index in [4.69, 9.17) is 0 Å². The molecule has 2 rings (SSSR count). The third-order valence-corrected chi connectivity index (χ3v) is 3.96. The van der Waals surface area contributed by atoms with Gasteiger partial charge in [0.1, 0.15) is 11.6 Å². The van der Waals surface area contributed by atoms with Gasteiger partial charge in [-0.25, -0.2) is 13.6 Å². The Kier molecular flexibility index (Phi) is 7.12. The SMILES string of the molecule is CCCNC(=O)CN1CCN(C(=O)NCc2cc(F)cc(F)c2)CC1. The van der Waals surface area contributed by atoms with Crippen LogP contribution in [0.5, 0.6) is 0 Å². The van der Waals surface area contributed by atoms with E-state index in [-0.39, 0.29) is 18.5 Å². The molecule has 1 heterocycles. The maximum atomic E-state index is 13.1. The minimum atomic E-state index is -0.667. The first-order valence-corrected chi connectivity index (χ1v) is 8.44. The summed E-state index contributed by atoms with van der Waals surface area (Å²) >= 11 is 0. The van der Waals surface area contributed by atoms with Gasteiger partial charge < -0.3 is 15.5 Å². The Morgan fingerprint density at radius 3 is 2.28 bits per heavy atom. The van der Waals surface area contributed by atoms with Crippen molar-refractivity contribution >= 4 is 11.9 Å². The number of nitrogens with zero attached hydrogens (tertiary/aromatic N) is 2. The number of carbonyl (C=O) groups excluding carboxylic acids is 2. The van der Waals surface area contributed by atoms with Gasteiger partial charge in [0.25, 0.3) is 0 Å². The number of hydrogen-bond donors (Lipinski definition) is 2. The number of carbonyl (C=O) groups is 2. The van der Waals surface area contributed by atoms with Crippen molar-refractivity contribution in [2.75, 3.05) is 39.3 Å². The fraction of sp³-hybridized carbons (Fsp3) is 0.529. The molecule has 1 saturated heterocycles.